The minimum Gasteiger partial charge on any atom is -0.443 e. The molecule has 0 N–H and O–H groups in total. The van der Waals surface area contributed by atoms with E-state index >= 15 is 0 Å². The van der Waals surface area contributed by atoms with Crippen molar-refractivity contribution in [2.75, 3.05) is 31.1 Å². The van der Waals surface area contributed by atoms with Crippen molar-refractivity contribution in [3.05, 3.63) is 60.2 Å². The van der Waals surface area contributed by atoms with E-state index in [2.05, 4.69) is 4.98 Å². The summed E-state index contributed by atoms with van der Waals surface area (Å²) < 4.78 is 19.1. The van der Waals surface area contributed by atoms with Crippen LogP contribution >= 0.6 is 0 Å². The highest BCUT2D eigenvalue weighted by molar-refractivity contribution is 5.97. The number of carbonyl (C=O) groups is 1. The number of rotatable bonds is 2. The lowest BCUT2D eigenvalue weighted by molar-refractivity contribution is 0.0747. The molecule has 0 atom stereocenters. The molecule has 5 nitrogen and oxygen atoms in total. The molecule has 0 spiro atoms. The van der Waals surface area contributed by atoms with Gasteiger partial charge in [0.25, 0.3) is 5.91 Å². The molecule has 0 bridgehead atoms. The molecule has 1 amide bonds. The van der Waals surface area contributed by atoms with E-state index in [1.54, 1.807) is 35.2 Å². The van der Waals surface area contributed by atoms with E-state index in [0.717, 1.165) is 0 Å². The zero-order valence-electron chi connectivity index (χ0n) is 13.0. The third-order valence-corrected chi connectivity index (χ3v) is 4.34. The van der Waals surface area contributed by atoms with Gasteiger partial charge in [0.05, 0.1) is 5.69 Å². The van der Waals surface area contributed by atoms with Crippen LogP contribution in [0.15, 0.2) is 53.3 Å². The van der Waals surface area contributed by atoms with Gasteiger partial charge in [-0.2, -0.15) is 0 Å². The summed E-state index contributed by atoms with van der Waals surface area (Å²) in [5.41, 5.74) is 2.52. The molecule has 0 unspecified atom stereocenters. The van der Waals surface area contributed by atoms with Crippen LogP contribution in [0.25, 0.3) is 11.1 Å². The number of benzene rings is 2. The van der Waals surface area contributed by atoms with Gasteiger partial charge in [0, 0.05) is 31.7 Å². The van der Waals surface area contributed by atoms with Crippen LogP contribution in [0.5, 0.6) is 0 Å². The smallest absolute Gasteiger partial charge is 0.254 e. The van der Waals surface area contributed by atoms with E-state index < -0.39 is 0 Å². The van der Waals surface area contributed by atoms with Gasteiger partial charge in [-0.05, 0) is 30.3 Å². The average Bonchev–Trinajstić information content (AvgIpc) is 3.09. The van der Waals surface area contributed by atoms with E-state index in [-0.39, 0.29) is 11.7 Å². The first kappa shape index (κ1) is 14.7. The first-order valence-electron chi connectivity index (χ1n) is 7.84. The Kier molecular flexibility index (Phi) is 3.65. The number of piperazine rings is 1. The summed E-state index contributed by atoms with van der Waals surface area (Å²) in [5, 5.41) is 0. The van der Waals surface area contributed by atoms with Crippen molar-refractivity contribution < 1.29 is 13.6 Å². The Morgan fingerprint density at radius 1 is 1.08 bits per heavy atom. The van der Waals surface area contributed by atoms with Gasteiger partial charge in [0.2, 0.25) is 0 Å². The van der Waals surface area contributed by atoms with Crippen molar-refractivity contribution in [3.8, 4) is 0 Å². The Bertz CT molecular complexity index is 885. The molecule has 1 aliphatic heterocycles. The van der Waals surface area contributed by atoms with Gasteiger partial charge in [-0.3, -0.25) is 4.79 Å². The van der Waals surface area contributed by atoms with Crippen LogP contribution in [0.3, 0.4) is 0 Å². The highest BCUT2D eigenvalue weighted by Crippen LogP contribution is 2.21. The fourth-order valence-corrected chi connectivity index (χ4v) is 3.03. The van der Waals surface area contributed by atoms with Gasteiger partial charge >= 0.3 is 0 Å². The fraction of sp³-hybridized carbons (Fsp3) is 0.222. The lowest BCUT2D eigenvalue weighted by Gasteiger charge is -2.36. The second-order valence-corrected chi connectivity index (χ2v) is 5.77. The SMILES string of the molecule is O=C(c1ccc2ocnc2c1)N1CCN(c2ccccc2F)CC1. The van der Waals surface area contributed by atoms with E-state index in [9.17, 15) is 9.18 Å². The highest BCUT2D eigenvalue weighted by atomic mass is 19.1. The first-order valence-corrected chi connectivity index (χ1v) is 7.84. The van der Waals surface area contributed by atoms with Crippen LogP contribution in [0.1, 0.15) is 10.4 Å². The Morgan fingerprint density at radius 3 is 2.67 bits per heavy atom. The predicted octanol–water partition coefficient (Wildman–Crippen LogP) is 2.93. The standard InChI is InChI=1S/C18H16FN3O2/c19-14-3-1-2-4-16(14)21-7-9-22(10-8-21)18(23)13-5-6-17-15(11-13)20-12-24-17/h1-6,11-12H,7-10H2. The Balaban J connectivity index is 1.47. The maximum Gasteiger partial charge on any atom is 0.254 e. The summed E-state index contributed by atoms with van der Waals surface area (Å²) in [6.45, 7) is 2.34. The Labute approximate surface area is 138 Å². The predicted molar refractivity (Wildman–Crippen MR) is 88.5 cm³/mol. The molecular weight excluding hydrogens is 309 g/mol. The van der Waals surface area contributed by atoms with Crippen molar-refractivity contribution >= 4 is 22.7 Å². The number of nitrogens with zero attached hydrogens (tertiary/aromatic N) is 3. The van der Waals surface area contributed by atoms with Crippen LogP contribution in [0, 0.1) is 5.82 Å². The Hall–Kier alpha value is -2.89. The first-order chi connectivity index (χ1) is 11.7. The third-order valence-electron chi connectivity index (χ3n) is 4.34. The number of para-hydroxylation sites is 1. The number of carbonyl (C=O) groups excluding carboxylic acids is 1. The molecule has 122 valence electrons. The molecule has 6 heteroatoms. The molecule has 1 aromatic heterocycles. The minimum absolute atomic E-state index is 0.0342. The Morgan fingerprint density at radius 2 is 1.88 bits per heavy atom. The summed E-state index contributed by atoms with van der Waals surface area (Å²) in [7, 11) is 0. The number of hydrogen-bond donors (Lipinski definition) is 0. The largest absolute Gasteiger partial charge is 0.443 e. The van der Waals surface area contributed by atoms with E-state index in [1.165, 1.54) is 12.5 Å². The second-order valence-electron chi connectivity index (χ2n) is 5.77. The third kappa shape index (κ3) is 2.60. The normalized spacial score (nSPS) is 15.0. The lowest BCUT2D eigenvalue weighted by Crippen LogP contribution is -2.49. The number of oxazole rings is 1. The van der Waals surface area contributed by atoms with Crippen molar-refractivity contribution in [2.45, 2.75) is 0 Å². The van der Waals surface area contributed by atoms with Gasteiger partial charge in [-0.25, -0.2) is 9.37 Å². The van der Waals surface area contributed by atoms with Gasteiger partial charge in [-0.15, -0.1) is 0 Å². The van der Waals surface area contributed by atoms with Crippen molar-refractivity contribution in [3.63, 3.8) is 0 Å². The maximum atomic E-state index is 13.9. The molecule has 2 aromatic carbocycles. The monoisotopic (exact) mass is 325 g/mol. The van der Waals surface area contributed by atoms with E-state index in [1.807, 2.05) is 11.0 Å². The average molecular weight is 325 g/mol. The number of halogens is 1. The van der Waals surface area contributed by atoms with E-state index in [4.69, 9.17) is 4.42 Å². The summed E-state index contributed by atoms with van der Waals surface area (Å²) >= 11 is 0. The molecule has 24 heavy (non-hydrogen) atoms. The molecule has 0 aliphatic carbocycles. The number of hydrogen-bond acceptors (Lipinski definition) is 4. The quantitative estimate of drug-likeness (QED) is 0.727. The van der Waals surface area contributed by atoms with Crippen LogP contribution in [-0.2, 0) is 0 Å². The lowest BCUT2D eigenvalue weighted by atomic mass is 10.1. The van der Waals surface area contributed by atoms with E-state index in [0.29, 0.717) is 48.5 Å². The molecule has 1 saturated heterocycles. The highest BCUT2D eigenvalue weighted by Gasteiger charge is 2.23. The number of amides is 1. The number of fused-ring (bicyclic) bond motifs is 1. The molecule has 4 rings (SSSR count). The molecular formula is C18H16FN3O2. The van der Waals surface area contributed by atoms with Crippen LogP contribution in [-0.4, -0.2) is 42.0 Å². The molecule has 0 radical (unpaired) electrons. The summed E-state index contributed by atoms with van der Waals surface area (Å²) in [5.74, 6) is -0.262. The summed E-state index contributed by atoms with van der Waals surface area (Å²) in [6, 6.07) is 12.0. The maximum absolute atomic E-state index is 13.9. The number of anilines is 1. The summed E-state index contributed by atoms with van der Waals surface area (Å²) in [6.07, 6.45) is 1.37. The van der Waals surface area contributed by atoms with Gasteiger partial charge in [0.1, 0.15) is 11.3 Å². The van der Waals surface area contributed by atoms with Crippen LogP contribution in [0.4, 0.5) is 10.1 Å². The number of aromatic nitrogens is 1. The summed E-state index contributed by atoms with van der Waals surface area (Å²) in [4.78, 5) is 20.5. The molecule has 1 fully saturated rings. The molecule has 0 saturated carbocycles. The second kappa shape index (κ2) is 5.96. The van der Waals surface area contributed by atoms with Gasteiger partial charge < -0.3 is 14.2 Å². The molecule has 2 heterocycles. The van der Waals surface area contributed by atoms with Gasteiger partial charge in [-0.1, -0.05) is 12.1 Å². The molecule has 3 aromatic rings. The van der Waals surface area contributed by atoms with Crippen molar-refractivity contribution in [1.82, 2.24) is 9.88 Å². The zero-order valence-corrected chi connectivity index (χ0v) is 13.0. The van der Waals surface area contributed by atoms with Gasteiger partial charge in [0.15, 0.2) is 12.0 Å². The minimum atomic E-state index is -0.228. The topological polar surface area (TPSA) is 49.6 Å². The van der Waals surface area contributed by atoms with Crippen LogP contribution in [0.2, 0.25) is 0 Å². The zero-order chi connectivity index (χ0) is 16.5. The van der Waals surface area contributed by atoms with Crippen LogP contribution < -0.4 is 4.90 Å². The fourth-order valence-electron chi connectivity index (χ4n) is 3.03. The van der Waals surface area contributed by atoms with Crippen molar-refractivity contribution in [2.24, 2.45) is 0 Å². The molecule has 1 aliphatic rings. The van der Waals surface area contributed by atoms with Crippen molar-refractivity contribution in [1.29, 1.82) is 0 Å².